The minimum absolute atomic E-state index is 0.0110. The minimum atomic E-state index is -1.77. The number of carbonyl (C=O) groups excluding carboxylic acids is 1. The molecule has 76 valence electrons. The monoisotopic (exact) mass is 208 g/mol. The van der Waals surface area contributed by atoms with Crippen LogP contribution in [0.2, 0.25) is 0 Å². The molecule has 0 atom stereocenters. The first-order valence-corrected chi connectivity index (χ1v) is 3.40. The predicted octanol–water partition coefficient (Wildman–Crippen LogP) is 2.03. The van der Waals surface area contributed by atoms with Gasteiger partial charge in [-0.15, -0.1) is 0 Å². The van der Waals surface area contributed by atoms with Gasteiger partial charge in [0.2, 0.25) is 0 Å². The fourth-order valence-electron chi connectivity index (χ4n) is 0.854. The van der Waals surface area contributed by atoms with Gasteiger partial charge in [-0.05, 0) is 0 Å². The van der Waals surface area contributed by atoms with Crippen LogP contribution < -0.4 is 0 Å². The number of rotatable bonds is 1. The normalized spacial score (nSPS) is 10.1. The fraction of sp³-hybridized carbons (Fsp3) is 0.125. The van der Waals surface area contributed by atoms with Gasteiger partial charge in [0.1, 0.15) is 5.56 Å². The molecule has 1 aromatic rings. The van der Waals surface area contributed by atoms with Crippen LogP contribution in [-0.2, 0) is 4.74 Å². The van der Waals surface area contributed by atoms with E-state index in [0.717, 1.165) is 7.11 Å². The van der Waals surface area contributed by atoms with Crippen LogP contribution in [0.1, 0.15) is 10.4 Å². The third-order valence-corrected chi connectivity index (χ3v) is 1.50. The average Bonchev–Trinajstić information content (AvgIpc) is 2.15. The molecule has 0 saturated carbocycles. The lowest BCUT2D eigenvalue weighted by Crippen LogP contribution is -2.11. The number of hydrogen-bond donors (Lipinski definition) is 0. The molecule has 0 aromatic heterocycles. The Balaban J connectivity index is 3.47. The van der Waals surface area contributed by atoms with E-state index in [1.165, 1.54) is 0 Å². The summed E-state index contributed by atoms with van der Waals surface area (Å²) in [6.07, 6.45) is 0. The van der Waals surface area contributed by atoms with Gasteiger partial charge in [-0.2, -0.15) is 0 Å². The Bertz CT molecular complexity index is 363. The van der Waals surface area contributed by atoms with E-state index in [4.69, 9.17) is 0 Å². The Morgan fingerprint density at radius 3 is 1.93 bits per heavy atom. The van der Waals surface area contributed by atoms with Crippen molar-refractivity contribution in [1.82, 2.24) is 0 Å². The van der Waals surface area contributed by atoms with Gasteiger partial charge >= 0.3 is 5.97 Å². The molecule has 0 amide bonds. The van der Waals surface area contributed by atoms with Crippen molar-refractivity contribution < 1.29 is 27.1 Å². The molecule has 0 unspecified atom stereocenters. The van der Waals surface area contributed by atoms with Crippen molar-refractivity contribution in [2.45, 2.75) is 0 Å². The fourth-order valence-corrected chi connectivity index (χ4v) is 0.854. The number of carbonyl (C=O) groups is 1. The van der Waals surface area contributed by atoms with E-state index in [2.05, 4.69) is 4.74 Å². The molecule has 0 aliphatic rings. The molecule has 6 heteroatoms. The molecule has 0 N–H and O–H groups in total. The van der Waals surface area contributed by atoms with Crippen LogP contribution in [0.25, 0.3) is 0 Å². The standard InChI is InChI=1S/C8H4F4O2/c1-14-8(13)5-6(11)3(9)2-4(10)7(5)12/h2H,1H3. The van der Waals surface area contributed by atoms with Crippen molar-refractivity contribution in [2.75, 3.05) is 7.11 Å². The average molecular weight is 208 g/mol. The highest BCUT2D eigenvalue weighted by molar-refractivity contribution is 5.89. The summed E-state index contributed by atoms with van der Waals surface area (Å²) in [6, 6.07) is 0.0110. The van der Waals surface area contributed by atoms with Gasteiger partial charge in [-0.1, -0.05) is 0 Å². The molecule has 0 radical (unpaired) electrons. The summed E-state index contributed by atoms with van der Waals surface area (Å²) in [6.45, 7) is 0. The maximum absolute atomic E-state index is 12.8. The van der Waals surface area contributed by atoms with E-state index in [9.17, 15) is 22.4 Å². The molecule has 14 heavy (non-hydrogen) atoms. The van der Waals surface area contributed by atoms with Gasteiger partial charge in [-0.3, -0.25) is 0 Å². The molecule has 0 aliphatic carbocycles. The maximum Gasteiger partial charge on any atom is 0.344 e. The lowest BCUT2D eigenvalue weighted by Gasteiger charge is -2.03. The SMILES string of the molecule is COC(=O)c1c(F)c(F)cc(F)c1F. The first kappa shape index (κ1) is 10.5. The van der Waals surface area contributed by atoms with Crippen LogP contribution >= 0.6 is 0 Å². The van der Waals surface area contributed by atoms with E-state index in [1.54, 1.807) is 0 Å². The second-order valence-electron chi connectivity index (χ2n) is 2.33. The third kappa shape index (κ3) is 1.55. The van der Waals surface area contributed by atoms with E-state index >= 15 is 0 Å². The van der Waals surface area contributed by atoms with Crippen molar-refractivity contribution in [3.05, 3.63) is 34.9 Å². The van der Waals surface area contributed by atoms with E-state index in [0.29, 0.717) is 0 Å². The highest BCUT2D eigenvalue weighted by Gasteiger charge is 2.25. The Kier molecular flexibility index (Phi) is 2.73. The van der Waals surface area contributed by atoms with Crippen molar-refractivity contribution in [1.29, 1.82) is 0 Å². The molecule has 1 aromatic carbocycles. The quantitative estimate of drug-likeness (QED) is 0.401. The van der Waals surface area contributed by atoms with Gasteiger partial charge in [0, 0.05) is 6.07 Å². The largest absolute Gasteiger partial charge is 0.465 e. The van der Waals surface area contributed by atoms with Gasteiger partial charge in [0.15, 0.2) is 23.3 Å². The second kappa shape index (κ2) is 3.65. The lowest BCUT2D eigenvalue weighted by molar-refractivity contribution is 0.0587. The van der Waals surface area contributed by atoms with Gasteiger partial charge < -0.3 is 4.74 Å². The molecule has 0 aliphatic heterocycles. The minimum Gasteiger partial charge on any atom is -0.465 e. The highest BCUT2D eigenvalue weighted by atomic mass is 19.2. The first-order valence-electron chi connectivity index (χ1n) is 3.40. The topological polar surface area (TPSA) is 26.3 Å². The van der Waals surface area contributed by atoms with Gasteiger partial charge in [0.25, 0.3) is 0 Å². The smallest absolute Gasteiger partial charge is 0.344 e. The molecule has 1 rings (SSSR count). The summed E-state index contributed by atoms with van der Waals surface area (Å²) in [5.74, 6) is -8.31. The number of methoxy groups -OCH3 is 1. The summed E-state index contributed by atoms with van der Waals surface area (Å²) in [5, 5.41) is 0. The predicted molar refractivity (Wildman–Crippen MR) is 37.6 cm³/mol. The number of ether oxygens (including phenoxy) is 1. The molecule has 2 nitrogen and oxygen atoms in total. The van der Waals surface area contributed by atoms with Crippen LogP contribution in [0.15, 0.2) is 6.07 Å². The Morgan fingerprint density at radius 1 is 1.14 bits per heavy atom. The molecule has 0 bridgehead atoms. The maximum atomic E-state index is 12.8. The Hall–Kier alpha value is -1.59. The zero-order valence-electron chi connectivity index (χ0n) is 6.91. The van der Waals surface area contributed by atoms with Gasteiger partial charge in [0.05, 0.1) is 7.11 Å². The molecule has 0 heterocycles. The molecular formula is C8H4F4O2. The first-order chi connectivity index (χ1) is 6.49. The summed E-state index contributed by atoms with van der Waals surface area (Å²) in [5.41, 5.74) is -1.37. The van der Waals surface area contributed by atoms with Crippen LogP contribution in [0.4, 0.5) is 17.6 Å². The van der Waals surface area contributed by atoms with Crippen LogP contribution in [0.5, 0.6) is 0 Å². The number of benzene rings is 1. The number of hydrogen-bond acceptors (Lipinski definition) is 2. The summed E-state index contributed by atoms with van der Waals surface area (Å²) >= 11 is 0. The van der Waals surface area contributed by atoms with E-state index in [-0.39, 0.29) is 6.07 Å². The Morgan fingerprint density at radius 2 is 1.57 bits per heavy atom. The molecule has 0 saturated heterocycles. The molecular weight excluding hydrogens is 204 g/mol. The summed E-state index contributed by atoms with van der Waals surface area (Å²) < 4.78 is 54.6. The Labute approximate surface area is 76.1 Å². The molecule has 0 fully saturated rings. The van der Waals surface area contributed by atoms with Crippen molar-refractivity contribution in [3.8, 4) is 0 Å². The van der Waals surface area contributed by atoms with Crippen molar-refractivity contribution >= 4 is 5.97 Å². The highest BCUT2D eigenvalue weighted by Crippen LogP contribution is 2.19. The van der Waals surface area contributed by atoms with Crippen LogP contribution in [0, 0.1) is 23.3 Å². The van der Waals surface area contributed by atoms with Gasteiger partial charge in [-0.25, -0.2) is 22.4 Å². The zero-order valence-corrected chi connectivity index (χ0v) is 6.91. The number of esters is 1. The van der Waals surface area contributed by atoms with E-state index < -0.39 is 34.8 Å². The van der Waals surface area contributed by atoms with Crippen LogP contribution in [-0.4, -0.2) is 13.1 Å². The second-order valence-corrected chi connectivity index (χ2v) is 2.33. The zero-order chi connectivity index (χ0) is 10.9. The number of halogens is 4. The molecule has 0 spiro atoms. The van der Waals surface area contributed by atoms with Crippen molar-refractivity contribution in [3.63, 3.8) is 0 Å². The van der Waals surface area contributed by atoms with E-state index in [1.807, 2.05) is 0 Å². The van der Waals surface area contributed by atoms with Crippen molar-refractivity contribution in [2.24, 2.45) is 0 Å². The lowest BCUT2D eigenvalue weighted by atomic mass is 10.2. The van der Waals surface area contributed by atoms with Crippen LogP contribution in [0.3, 0.4) is 0 Å². The summed E-state index contributed by atoms with van der Waals surface area (Å²) in [7, 11) is 0.837. The summed E-state index contributed by atoms with van der Waals surface area (Å²) in [4.78, 5) is 10.7. The third-order valence-electron chi connectivity index (χ3n) is 1.50.